The quantitative estimate of drug-likeness (QED) is 0.300. The third kappa shape index (κ3) is 1.73. The number of carbonyl (C=O) groups excluding carboxylic acids is 1. The van der Waals surface area contributed by atoms with Gasteiger partial charge < -0.3 is 0 Å². The molecule has 0 heterocycles. The maximum Gasteiger partial charge on any atom is 0.146 e. The second-order valence-electron chi connectivity index (χ2n) is 1.69. The van der Waals surface area contributed by atoms with Gasteiger partial charge in [0.1, 0.15) is 6.29 Å². The second-order valence-corrected chi connectivity index (χ2v) is 1.69. The summed E-state index contributed by atoms with van der Waals surface area (Å²) in [6, 6.07) is 0. The molecule has 1 nitrogen and oxygen atoms in total. The summed E-state index contributed by atoms with van der Waals surface area (Å²) in [5.74, 6) is 0. The first-order valence-electron chi connectivity index (χ1n) is 2.47. The van der Waals surface area contributed by atoms with Crippen molar-refractivity contribution in [3.8, 4) is 0 Å². The van der Waals surface area contributed by atoms with Crippen LogP contribution in [0.5, 0.6) is 0 Å². The molecule has 44 valence electrons. The largest absolute Gasteiger partial charge is 0.298 e. The van der Waals surface area contributed by atoms with Crippen LogP contribution in [-0.2, 0) is 4.79 Å². The third-order valence-corrected chi connectivity index (χ3v) is 1.10. The van der Waals surface area contributed by atoms with Crippen LogP contribution in [0, 0.1) is 0 Å². The van der Waals surface area contributed by atoms with Gasteiger partial charge in [-0.15, -0.1) is 0 Å². The lowest BCUT2D eigenvalue weighted by molar-refractivity contribution is -0.104. The van der Waals surface area contributed by atoms with Crippen molar-refractivity contribution >= 4 is 6.29 Å². The van der Waals surface area contributed by atoms with E-state index in [1.807, 2.05) is 6.92 Å². The van der Waals surface area contributed by atoms with E-state index in [9.17, 15) is 4.79 Å². The topological polar surface area (TPSA) is 17.1 Å². The Kier molecular flexibility index (Phi) is 2.85. The number of rotatable bonds is 2. The van der Waals surface area contributed by atoms with Crippen molar-refractivity contribution in [2.75, 3.05) is 0 Å². The molecule has 0 spiro atoms. The highest BCUT2D eigenvalue weighted by Crippen LogP contribution is 1.98. The van der Waals surface area contributed by atoms with Crippen molar-refractivity contribution in [2.45, 2.75) is 13.8 Å². The van der Waals surface area contributed by atoms with E-state index in [2.05, 4.69) is 6.58 Å². The van der Waals surface area contributed by atoms with E-state index < -0.39 is 0 Å². The monoisotopic (exact) mass is 110 g/mol. The first-order valence-corrected chi connectivity index (χ1v) is 2.47. The first-order chi connectivity index (χ1) is 3.72. The van der Waals surface area contributed by atoms with Crippen molar-refractivity contribution in [3.63, 3.8) is 0 Å². The molecule has 1 heteroatoms. The smallest absolute Gasteiger partial charge is 0.146 e. The SMILES string of the molecule is C=CC(C)=C(C)C=O. The zero-order valence-electron chi connectivity index (χ0n) is 5.27. The molecule has 0 aromatic rings. The summed E-state index contributed by atoms with van der Waals surface area (Å²) in [4.78, 5) is 10.00. The van der Waals surface area contributed by atoms with E-state index in [1.54, 1.807) is 13.0 Å². The van der Waals surface area contributed by atoms with E-state index in [0.29, 0.717) is 0 Å². The summed E-state index contributed by atoms with van der Waals surface area (Å²) in [6.45, 7) is 7.14. The lowest BCUT2D eigenvalue weighted by Gasteiger charge is -1.89. The van der Waals surface area contributed by atoms with Crippen LogP contribution in [0.2, 0.25) is 0 Å². The highest BCUT2D eigenvalue weighted by molar-refractivity contribution is 5.74. The highest BCUT2D eigenvalue weighted by Gasteiger charge is 1.86. The molecular formula is C7H10O. The highest BCUT2D eigenvalue weighted by atomic mass is 16.1. The molecule has 0 bridgehead atoms. The molecule has 0 aliphatic rings. The molecule has 0 amide bonds. The normalized spacial score (nSPS) is 12.2. The van der Waals surface area contributed by atoms with Gasteiger partial charge >= 0.3 is 0 Å². The van der Waals surface area contributed by atoms with E-state index in [-0.39, 0.29) is 0 Å². The Morgan fingerprint density at radius 1 is 1.38 bits per heavy atom. The number of hydrogen-bond acceptors (Lipinski definition) is 1. The lowest BCUT2D eigenvalue weighted by Crippen LogP contribution is -1.79. The van der Waals surface area contributed by atoms with Gasteiger partial charge in [0.05, 0.1) is 0 Å². The summed E-state index contributed by atoms with van der Waals surface area (Å²) in [6.07, 6.45) is 2.50. The number of hydrogen-bond donors (Lipinski definition) is 0. The van der Waals surface area contributed by atoms with Gasteiger partial charge in [0.2, 0.25) is 0 Å². The fraction of sp³-hybridized carbons (Fsp3) is 0.286. The third-order valence-electron chi connectivity index (χ3n) is 1.10. The molecule has 0 saturated heterocycles. The van der Waals surface area contributed by atoms with Crippen molar-refractivity contribution in [1.82, 2.24) is 0 Å². The van der Waals surface area contributed by atoms with Gasteiger partial charge in [-0.05, 0) is 25.0 Å². The molecule has 0 rings (SSSR count). The minimum atomic E-state index is 0.750. The van der Waals surface area contributed by atoms with Gasteiger partial charge in [-0.2, -0.15) is 0 Å². The standard InChI is InChI=1S/C7H10O/c1-4-6(2)7(3)5-8/h4-5H,1H2,2-3H3. The minimum Gasteiger partial charge on any atom is -0.298 e. The predicted molar refractivity (Wildman–Crippen MR) is 34.6 cm³/mol. The molecule has 8 heavy (non-hydrogen) atoms. The summed E-state index contributed by atoms with van der Waals surface area (Å²) in [5, 5.41) is 0. The van der Waals surface area contributed by atoms with E-state index in [4.69, 9.17) is 0 Å². The average molecular weight is 110 g/mol. The Labute approximate surface area is 49.7 Å². The lowest BCUT2D eigenvalue weighted by atomic mass is 10.2. The fourth-order valence-electron chi connectivity index (χ4n) is 0.254. The molecule has 0 aliphatic carbocycles. The molecule has 0 fully saturated rings. The van der Waals surface area contributed by atoms with Crippen LogP contribution in [0.3, 0.4) is 0 Å². The Morgan fingerprint density at radius 3 is 2.00 bits per heavy atom. The number of aldehydes is 1. The van der Waals surface area contributed by atoms with Crippen LogP contribution in [-0.4, -0.2) is 6.29 Å². The van der Waals surface area contributed by atoms with Gasteiger partial charge in [0, 0.05) is 0 Å². The zero-order valence-corrected chi connectivity index (χ0v) is 5.27. The Hall–Kier alpha value is -0.850. The number of allylic oxidation sites excluding steroid dienone is 3. The fourth-order valence-corrected chi connectivity index (χ4v) is 0.254. The van der Waals surface area contributed by atoms with Crippen molar-refractivity contribution in [1.29, 1.82) is 0 Å². The molecular weight excluding hydrogens is 100 g/mol. The number of carbonyl (C=O) groups is 1. The van der Waals surface area contributed by atoms with Crippen molar-refractivity contribution < 1.29 is 4.79 Å². The van der Waals surface area contributed by atoms with Crippen LogP contribution >= 0.6 is 0 Å². The first kappa shape index (κ1) is 7.15. The second kappa shape index (κ2) is 3.19. The van der Waals surface area contributed by atoms with Gasteiger partial charge in [-0.3, -0.25) is 4.79 Å². The van der Waals surface area contributed by atoms with E-state index in [0.717, 1.165) is 17.4 Å². The molecule has 0 radical (unpaired) electrons. The zero-order chi connectivity index (χ0) is 6.57. The van der Waals surface area contributed by atoms with Crippen LogP contribution in [0.1, 0.15) is 13.8 Å². The predicted octanol–water partition coefficient (Wildman–Crippen LogP) is 1.71. The maximum absolute atomic E-state index is 10.00. The Morgan fingerprint density at radius 2 is 1.88 bits per heavy atom. The average Bonchev–Trinajstić information content (AvgIpc) is 1.84. The Bertz CT molecular complexity index is 115. The van der Waals surface area contributed by atoms with Crippen LogP contribution < -0.4 is 0 Å². The molecule has 0 N–H and O–H groups in total. The van der Waals surface area contributed by atoms with Crippen LogP contribution in [0.25, 0.3) is 0 Å². The summed E-state index contributed by atoms with van der Waals surface area (Å²) >= 11 is 0. The molecule has 0 unspecified atom stereocenters. The van der Waals surface area contributed by atoms with Gasteiger partial charge in [-0.1, -0.05) is 12.7 Å². The van der Waals surface area contributed by atoms with Gasteiger partial charge in [0.15, 0.2) is 0 Å². The van der Waals surface area contributed by atoms with E-state index >= 15 is 0 Å². The summed E-state index contributed by atoms with van der Waals surface area (Å²) in [7, 11) is 0. The van der Waals surface area contributed by atoms with Crippen LogP contribution in [0.15, 0.2) is 23.8 Å². The molecule has 0 aliphatic heterocycles. The summed E-state index contributed by atoms with van der Waals surface area (Å²) < 4.78 is 0. The maximum atomic E-state index is 10.00. The van der Waals surface area contributed by atoms with Gasteiger partial charge in [0.25, 0.3) is 0 Å². The van der Waals surface area contributed by atoms with Crippen LogP contribution in [0.4, 0.5) is 0 Å². The minimum absolute atomic E-state index is 0.750. The summed E-state index contributed by atoms with van der Waals surface area (Å²) in [5.41, 5.74) is 1.69. The molecule has 0 aromatic heterocycles. The Balaban J connectivity index is 4.25. The molecule has 0 saturated carbocycles. The van der Waals surface area contributed by atoms with E-state index in [1.165, 1.54) is 0 Å². The van der Waals surface area contributed by atoms with Gasteiger partial charge in [-0.25, -0.2) is 0 Å². The molecule has 0 atom stereocenters. The molecule has 0 aromatic carbocycles. The van der Waals surface area contributed by atoms with Crippen molar-refractivity contribution in [3.05, 3.63) is 23.8 Å². The van der Waals surface area contributed by atoms with Crippen molar-refractivity contribution in [2.24, 2.45) is 0 Å².